The summed E-state index contributed by atoms with van der Waals surface area (Å²) in [7, 11) is 2.08. The first-order valence-corrected chi connectivity index (χ1v) is 7.95. The first-order valence-electron chi connectivity index (χ1n) is 7.95. The molecule has 0 bridgehead atoms. The minimum absolute atomic E-state index is 0.0704. The molecule has 1 amide bonds. The van der Waals surface area contributed by atoms with E-state index in [0.29, 0.717) is 19.7 Å². The van der Waals surface area contributed by atoms with Gasteiger partial charge in [0.15, 0.2) is 0 Å². The number of esters is 1. The number of hydrogen-bond donors (Lipinski definition) is 0. The zero-order chi connectivity index (χ0) is 15.2. The van der Waals surface area contributed by atoms with Gasteiger partial charge in [-0.3, -0.25) is 14.5 Å². The Morgan fingerprint density at radius 1 is 1.14 bits per heavy atom. The van der Waals surface area contributed by atoms with E-state index >= 15 is 0 Å². The van der Waals surface area contributed by atoms with E-state index in [1.807, 2.05) is 11.8 Å². The fourth-order valence-corrected chi connectivity index (χ4v) is 3.00. The monoisotopic (exact) mass is 297 g/mol. The zero-order valence-corrected chi connectivity index (χ0v) is 13.2. The highest BCUT2D eigenvalue weighted by atomic mass is 16.5. The van der Waals surface area contributed by atoms with Crippen molar-refractivity contribution in [3.8, 4) is 0 Å². The molecule has 0 radical (unpaired) electrons. The van der Waals surface area contributed by atoms with Gasteiger partial charge in [0.1, 0.15) is 0 Å². The van der Waals surface area contributed by atoms with Crippen LogP contribution in [0.25, 0.3) is 0 Å². The van der Waals surface area contributed by atoms with E-state index in [-0.39, 0.29) is 17.8 Å². The minimum atomic E-state index is -0.116. The van der Waals surface area contributed by atoms with Crippen molar-refractivity contribution in [1.29, 1.82) is 0 Å². The van der Waals surface area contributed by atoms with Gasteiger partial charge in [-0.2, -0.15) is 0 Å². The molecule has 1 atom stereocenters. The third-order valence-corrected chi connectivity index (χ3v) is 4.34. The smallest absolute Gasteiger partial charge is 0.310 e. The third kappa shape index (κ3) is 4.68. The number of likely N-dealkylation sites (tertiary alicyclic amines) is 1. The van der Waals surface area contributed by atoms with Gasteiger partial charge in [-0.05, 0) is 33.4 Å². The van der Waals surface area contributed by atoms with Crippen LogP contribution in [0.15, 0.2) is 0 Å². The molecule has 2 rings (SSSR count). The molecule has 21 heavy (non-hydrogen) atoms. The number of amides is 1. The van der Waals surface area contributed by atoms with Crippen LogP contribution in [-0.4, -0.2) is 86.0 Å². The van der Waals surface area contributed by atoms with Crippen LogP contribution in [0.1, 0.15) is 19.8 Å². The Labute approximate surface area is 127 Å². The molecule has 6 nitrogen and oxygen atoms in total. The Bertz CT molecular complexity index is 367. The van der Waals surface area contributed by atoms with Gasteiger partial charge in [0.2, 0.25) is 5.91 Å². The second-order valence-corrected chi connectivity index (χ2v) is 6.01. The molecule has 0 aliphatic carbocycles. The maximum atomic E-state index is 12.3. The summed E-state index contributed by atoms with van der Waals surface area (Å²) in [5.41, 5.74) is 0. The van der Waals surface area contributed by atoms with E-state index in [0.717, 1.165) is 45.6 Å². The molecule has 0 spiro atoms. The summed E-state index contributed by atoms with van der Waals surface area (Å²) in [5, 5.41) is 0. The Hall–Kier alpha value is -1.14. The predicted octanol–water partition coefficient (Wildman–Crippen LogP) is 0.0355. The molecule has 120 valence electrons. The summed E-state index contributed by atoms with van der Waals surface area (Å²) in [4.78, 5) is 30.4. The third-order valence-electron chi connectivity index (χ3n) is 4.34. The van der Waals surface area contributed by atoms with Gasteiger partial charge in [0.05, 0.1) is 19.1 Å². The van der Waals surface area contributed by atoms with E-state index in [4.69, 9.17) is 4.74 Å². The lowest BCUT2D eigenvalue weighted by atomic mass is 9.98. The van der Waals surface area contributed by atoms with Gasteiger partial charge in [-0.25, -0.2) is 0 Å². The highest BCUT2D eigenvalue weighted by Gasteiger charge is 2.29. The first kappa shape index (κ1) is 16.2. The molecule has 0 aromatic rings. The molecular formula is C15H27N3O3. The van der Waals surface area contributed by atoms with Crippen LogP contribution in [0, 0.1) is 5.92 Å². The number of rotatable bonds is 4. The molecule has 2 saturated heterocycles. The highest BCUT2D eigenvalue weighted by molar-refractivity contribution is 5.78. The van der Waals surface area contributed by atoms with Crippen molar-refractivity contribution in [2.24, 2.45) is 5.92 Å². The molecule has 2 aliphatic rings. The van der Waals surface area contributed by atoms with E-state index in [2.05, 4.69) is 16.8 Å². The molecule has 0 saturated carbocycles. The fourth-order valence-electron chi connectivity index (χ4n) is 3.00. The van der Waals surface area contributed by atoms with Crippen molar-refractivity contribution < 1.29 is 14.3 Å². The maximum Gasteiger partial charge on any atom is 0.310 e. The quantitative estimate of drug-likeness (QED) is 0.686. The molecule has 2 fully saturated rings. The van der Waals surface area contributed by atoms with Crippen LogP contribution in [0.2, 0.25) is 0 Å². The highest BCUT2D eigenvalue weighted by Crippen LogP contribution is 2.18. The van der Waals surface area contributed by atoms with Crippen LogP contribution in [0.4, 0.5) is 0 Å². The summed E-state index contributed by atoms with van der Waals surface area (Å²) < 4.78 is 5.10. The Balaban J connectivity index is 1.79. The number of likely N-dealkylation sites (N-methyl/N-ethyl adjacent to an activating group) is 1. The first-order chi connectivity index (χ1) is 10.1. The summed E-state index contributed by atoms with van der Waals surface area (Å²) in [5.74, 6) is 0.000782. The summed E-state index contributed by atoms with van der Waals surface area (Å²) in [6.45, 7) is 7.74. The lowest BCUT2D eigenvalue weighted by molar-refractivity contribution is -0.150. The molecule has 2 aliphatic heterocycles. The van der Waals surface area contributed by atoms with E-state index in [9.17, 15) is 9.59 Å². The van der Waals surface area contributed by atoms with Gasteiger partial charge < -0.3 is 14.5 Å². The second kappa shape index (κ2) is 7.75. The van der Waals surface area contributed by atoms with Gasteiger partial charge >= 0.3 is 5.97 Å². The number of carbonyl (C=O) groups excluding carboxylic acids is 2. The standard InChI is InChI=1S/C15H27N3O3/c1-3-21-15(20)13-5-4-6-17(11-13)12-14(19)18-9-7-16(2)8-10-18/h13H,3-12H2,1-2H3. The molecule has 2 heterocycles. The molecule has 1 unspecified atom stereocenters. The number of piperidine rings is 1. The SMILES string of the molecule is CCOC(=O)C1CCCN(CC(=O)N2CCN(C)CC2)C1. The Morgan fingerprint density at radius 2 is 1.86 bits per heavy atom. The van der Waals surface area contributed by atoms with Crippen molar-refractivity contribution in [2.45, 2.75) is 19.8 Å². The average molecular weight is 297 g/mol. The number of nitrogens with zero attached hydrogens (tertiary/aromatic N) is 3. The molecular weight excluding hydrogens is 270 g/mol. The number of ether oxygens (including phenoxy) is 1. The molecule has 0 N–H and O–H groups in total. The van der Waals surface area contributed by atoms with Crippen molar-refractivity contribution in [3.63, 3.8) is 0 Å². The van der Waals surface area contributed by atoms with Crippen molar-refractivity contribution in [2.75, 3.05) is 59.5 Å². The van der Waals surface area contributed by atoms with Gasteiger partial charge in [0.25, 0.3) is 0 Å². The molecule has 0 aromatic heterocycles. The lowest BCUT2D eigenvalue weighted by Crippen LogP contribution is -2.51. The molecule has 6 heteroatoms. The van der Waals surface area contributed by atoms with E-state index < -0.39 is 0 Å². The Morgan fingerprint density at radius 3 is 2.52 bits per heavy atom. The van der Waals surface area contributed by atoms with Crippen LogP contribution < -0.4 is 0 Å². The van der Waals surface area contributed by atoms with Gasteiger partial charge in [-0.15, -0.1) is 0 Å². The summed E-state index contributed by atoms with van der Waals surface area (Å²) >= 11 is 0. The van der Waals surface area contributed by atoms with Gasteiger partial charge in [-0.1, -0.05) is 0 Å². The Kier molecular flexibility index (Phi) is 5.99. The van der Waals surface area contributed by atoms with Crippen molar-refractivity contribution in [1.82, 2.24) is 14.7 Å². The van der Waals surface area contributed by atoms with E-state index in [1.165, 1.54) is 0 Å². The van der Waals surface area contributed by atoms with Gasteiger partial charge in [0, 0.05) is 32.7 Å². The second-order valence-electron chi connectivity index (χ2n) is 6.01. The topological polar surface area (TPSA) is 53.1 Å². The zero-order valence-electron chi connectivity index (χ0n) is 13.2. The van der Waals surface area contributed by atoms with Crippen LogP contribution >= 0.6 is 0 Å². The van der Waals surface area contributed by atoms with Crippen LogP contribution in [-0.2, 0) is 14.3 Å². The minimum Gasteiger partial charge on any atom is -0.466 e. The summed E-state index contributed by atoms with van der Waals surface area (Å²) in [6.07, 6.45) is 1.83. The number of piperazine rings is 1. The van der Waals surface area contributed by atoms with Crippen molar-refractivity contribution in [3.05, 3.63) is 0 Å². The number of hydrogen-bond acceptors (Lipinski definition) is 5. The number of carbonyl (C=O) groups is 2. The fraction of sp³-hybridized carbons (Fsp3) is 0.867. The maximum absolute atomic E-state index is 12.3. The largest absolute Gasteiger partial charge is 0.466 e. The average Bonchev–Trinajstić information content (AvgIpc) is 2.48. The van der Waals surface area contributed by atoms with Crippen LogP contribution in [0.5, 0.6) is 0 Å². The van der Waals surface area contributed by atoms with E-state index in [1.54, 1.807) is 0 Å². The van der Waals surface area contributed by atoms with Crippen LogP contribution in [0.3, 0.4) is 0 Å². The summed E-state index contributed by atoms with van der Waals surface area (Å²) in [6, 6.07) is 0. The molecule has 0 aromatic carbocycles. The normalized spacial score (nSPS) is 24.9. The van der Waals surface area contributed by atoms with Crippen molar-refractivity contribution >= 4 is 11.9 Å². The lowest BCUT2D eigenvalue weighted by Gasteiger charge is -2.36. The predicted molar refractivity (Wildman–Crippen MR) is 79.9 cm³/mol.